The van der Waals surface area contributed by atoms with Crippen LogP contribution >= 0.6 is 11.3 Å². The molecule has 4 aromatic rings. The van der Waals surface area contributed by atoms with Crippen molar-refractivity contribution in [3.8, 4) is 23.0 Å². The van der Waals surface area contributed by atoms with Crippen LogP contribution in [0.25, 0.3) is 11.5 Å². The molecule has 8 nitrogen and oxygen atoms in total. The smallest absolute Gasteiger partial charge is 0.270 e. The Morgan fingerprint density at radius 2 is 1.87 bits per heavy atom. The lowest BCUT2D eigenvalue weighted by Gasteiger charge is -2.25. The van der Waals surface area contributed by atoms with Crippen molar-refractivity contribution in [2.45, 2.75) is 6.10 Å². The lowest BCUT2D eigenvalue weighted by molar-refractivity contribution is -0.125. The fourth-order valence-electron chi connectivity index (χ4n) is 3.06. The number of carbonyl (C=O) groups excluding carboxylic acids is 2. The summed E-state index contributed by atoms with van der Waals surface area (Å²) in [7, 11) is 0. The average molecular weight is 433 g/mol. The molecule has 1 N–H and O–H groups in total. The van der Waals surface area contributed by atoms with Crippen molar-refractivity contribution >= 4 is 28.2 Å². The molecule has 0 spiro atoms. The Kier molecular flexibility index (Phi) is 4.93. The molecule has 9 heteroatoms. The molecule has 4 heterocycles. The van der Waals surface area contributed by atoms with Crippen LogP contribution in [0.2, 0.25) is 0 Å². The topological polar surface area (TPSA) is 104 Å². The maximum Gasteiger partial charge on any atom is 0.270 e. The summed E-state index contributed by atoms with van der Waals surface area (Å²) in [5.74, 6) is 0.768. The minimum absolute atomic E-state index is 0.0684. The number of pyridine rings is 1. The second-order valence-electron chi connectivity index (χ2n) is 6.57. The molecule has 154 valence electrons. The maximum atomic E-state index is 13.0. The predicted octanol–water partition coefficient (Wildman–Crippen LogP) is 3.81. The first kappa shape index (κ1) is 19.0. The number of nitrogens with one attached hydrogen (secondary N) is 1. The molecular weight excluding hydrogens is 418 g/mol. The van der Waals surface area contributed by atoms with Crippen molar-refractivity contribution in [1.82, 2.24) is 9.97 Å². The third kappa shape index (κ3) is 3.78. The Balaban J connectivity index is 1.41. The van der Waals surface area contributed by atoms with Crippen molar-refractivity contribution in [3.05, 3.63) is 77.6 Å². The van der Waals surface area contributed by atoms with Gasteiger partial charge < -0.3 is 13.9 Å². The molecule has 1 amide bonds. The number of rotatable bonds is 5. The largest absolute Gasteiger partial charge is 0.485 e. The number of furan rings is 1. The Labute approximate surface area is 180 Å². The van der Waals surface area contributed by atoms with Crippen LogP contribution in [0, 0.1) is 0 Å². The number of nitrogens with zero attached hydrogens (tertiary/aromatic N) is 2. The zero-order valence-electron chi connectivity index (χ0n) is 16.0. The van der Waals surface area contributed by atoms with Gasteiger partial charge in [-0.05, 0) is 36.4 Å². The van der Waals surface area contributed by atoms with Gasteiger partial charge in [0.25, 0.3) is 5.91 Å². The normalized spacial score (nSPS) is 14.8. The van der Waals surface area contributed by atoms with E-state index in [4.69, 9.17) is 13.9 Å². The van der Waals surface area contributed by atoms with Crippen LogP contribution in [0.3, 0.4) is 0 Å². The first-order chi connectivity index (χ1) is 15.2. The molecule has 0 bridgehead atoms. The Morgan fingerprint density at radius 3 is 2.65 bits per heavy atom. The number of carbonyl (C=O) groups is 2. The molecule has 1 unspecified atom stereocenters. The number of fused-ring (bicyclic) bond motifs is 1. The van der Waals surface area contributed by atoms with Gasteiger partial charge in [0.15, 0.2) is 22.4 Å². The minimum atomic E-state index is -0.846. The van der Waals surface area contributed by atoms with E-state index in [9.17, 15) is 9.59 Å². The van der Waals surface area contributed by atoms with Crippen LogP contribution in [0.5, 0.6) is 11.5 Å². The first-order valence-corrected chi connectivity index (χ1v) is 10.2. The summed E-state index contributed by atoms with van der Waals surface area (Å²) in [6, 6.07) is 15.6. The van der Waals surface area contributed by atoms with Gasteiger partial charge in [0.1, 0.15) is 22.9 Å². The predicted molar refractivity (Wildman–Crippen MR) is 112 cm³/mol. The number of amides is 1. The lowest BCUT2D eigenvalue weighted by atomic mass is 10.1. The van der Waals surface area contributed by atoms with Crippen molar-refractivity contribution in [1.29, 1.82) is 0 Å². The standard InChI is InChI=1S/C22H15N3O5S/c26-19(13-6-3-4-10-23-13)20-18(16-9-5-11-28-16)24-22(31-20)25-21(27)17-12-29-14-7-1-2-8-15(14)30-17/h1-11,17H,12H2,(H,24,25,27). The van der Waals surface area contributed by atoms with E-state index in [1.807, 2.05) is 6.07 Å². The summed E-state index contributed by atoms with van der Waals surface area (Å²) < 4.78 is 16.8. The molecule has 3 aromatic heterocycles. The van der Waals surface area contributed by atoms with E-state index in [1.54, 1.807) is 54.7 Å². The fraction of sp³-hybridized carbons (Fsp3) is 0.0909. The number of ether oxygens (including phenoxy) is 2. The highest BCUT2D eigenvalue weighted by Crippen LogP contribution is 2.34. The van der Waals surface area contributed by atoms with Crippen molar-refractivity contribution in [2.24, 2.45) is 0 Å². The van der Waals surface area contributed by atoms with Crippen LogP contribution < -0.4 is 14.8 Å². The van der Waals surface area contributed by atoms with E-state index in [0.29, 0.717) is 27.8 Å². The van der Waals surface area contributed by atoms with Crippen LogP contribution in [0.1, 0.15) is 15.4 Å². The number of hydrogen-bond donors (Lipinski definition) is 1. The number of benzene rings is 1. The molecule has 1 aromatic carbocycles. The van der Waals surface area contributed by atoms with E-state index in [1.165, 1.54) is 6.26 Å². The number of anilines is 1. The van der Waals surface area contributed by atoms with Gasteiger partial charge in [-0.1, -0.05) is 29.5 Å². The summed E-state index contributed by atoms with van der Waals surface area (Å²) in [6.07, 6.45) is 2.19. The van der Waals surface area contributed by atoms with Gasteiger partial charge in [-0.2, -0.15) is 0 Å². The summed E-state index contributed by atoms with van der Waals surface area (Å²) in [5.41, 5.74) is 0.615. The minimum Gasteiger partial charge on any atom is -0.485 e. The third-order valence-electron chi connectivity index (χ3n) is 4.52. The van der Waals surface area contributed by atoms with Gasteiger partial charge in [0.2, 0.25) is 11.9 Å². The van der Waals surface area contributed by atoms with Gasteiger partial charge in [0.05, 0.1) is 6.26 Å². The van der Waals surface area contributed by atoms with E-state index >= 15 is 0 Å². The van der Waals surface area contributed by atoms with E-state index in [2.05, 4.69) is 15.3 Å². The highest BCUT2D eigenvalue weighted by molar-refractivity contribution is 7.18. The Bertz CT molecular complexity index is 1240. The van der Waals surface area contributed by atoms with Gasteiger partial charge in [-0.3, -0.25) is 19.9 Å². The average Bonchev–Trinajstić information content (AvgIpc) is 3.49. The molecule has 0 aliphatic carbocycles. The van der Waals surface area contributed by atoms with Gasteiger partial charge in [0, 0.05) is 6.20 Å². The maximum absolute atomic E-state index is 13.0. The second kappa shape index (κ2) is 8.04. The molecule has 0 radical (unpaired) electrons. The highest BCUT2D eigenvalue weighted by Gasteiger charge is 2.29. The fourth-order valence-corrected chi connectivity index (χ4v) is 3.98. The summed E-state index contributed by atoms with van der Waals surface area (Å²) >= 11 is 1.05. The van der Waals surface area contributed by atoms with Crippen LogP contribution in [0.15, 0.2) is 71.5 Å². The highest BCUT2D eigenvalue weighted by atomic mass is 32.1. The molecule has 5 rings (SSSR count). The molecule has 31 heavy (non-hydrogen) atoms. The number of aromatic nitrogens is 2. The Hall–Kier alpha value is -3.98. The molecule has 1 aliphatic rings. The van der Waals surface area contributed by atoms with Crippen molar-refractivity contribution in [2.75, 3.05) is 11.9 Å². The zero-order chi connectivity index (χ0) is 21.2. The summed E-state index contributed by atoms with van der Waals surface area (Å²) in [4.78, 5) is 34.6. The van der Waals surface area contributed by atoms with Crippen molar-refractivity contribution in [3.63, 3.8) is 0 Å². The monoisotopic (exact) mass is 433 g/mol. The number of thiazole rings is 1. The molecule has 0 fully saturated rings. The molecule has 1 aliphatic heterocycles. The molecular formula is C22H15N3O5S. The molecule has 0 saturated carbocycles. The lowest BCUT2D eigenvalue weighted by Crippen LogP contribution is -2.40. The quantitative estimate of drug-likeness (QED) is 0.477. The van der Waals surface area contributed by atoms with E-state index < -0.39 is 12.0 Å². The van der Waals surface area contributed by atoms with Crippen LogP contribution in [0.4, 0.5) is 5.13 Å². The zero-order valence-corrected chi connectivity index (χ0v) is 16.8. The number of hydrogen-bond acceptors (Lipinski definition) is 8. The van der Waals surface area contributed by atoms with Gasteiger partial charge in [-0.25, -0.2) is 4.98 Å². The van der Waals surface area contributed by atoms with Gasteiger partial charge in [-0.15, -0.1) is 0 Å². The molecule has 0 saturated heterocycles. The van der Waals surface area contributed by atoms with E-state index in [-0.39, 0.29) is 23.2 Å². The summed E-state index contributed by atoms with van der Waals surface area (Å²) in [6.45, 7) is 0.0684. The van der Waals surface area contributed by atoms with Gasteiger partial charge >= 0.3 is 0 Å². The second-order valence-corrected chi connectivity index (χ2v) is 7.57. The van der Waals surface area contributed by atoms with E-state index in [0.717, 1.165) is 11.3 Å². The third-order valence-corrected chi connectivity index (χ3v) is 5.49. The summed E-state index contributed by atoms with van der Waals surface area (Å²) in [5, 5.41) is 2.97. The Morgan fingerprint density at radius 1 is 1.03 bits per heavy atom. The first-order valence-electron chi connectivity index (χ1n) is 9.39. The van der Waals surface area contributed by atoms with Crippen LogP contribution in [-0.2, 0) is 4.79 Å². The van der Waals surface area contributed by atoms with Crippen molar-refractivity contribution < 1.29 is 23.5 Å². The SMILES string of the molecule is O=C(c1ccccn1)c1sc(NC(=O)C2COc3ccccc3O2)nc1-c1ccco1. The number of ketones is 1. The number of para-hydroxylation sites is 2. The van der Waals surface area contributed by atoms with Crippen LogP contribution in [-0.4, -0.2) is 34.4 Å². The molecule has 1 atom stereocenters.